The van der Waals surface area contributed by atoms with E-state index in [1.54, 1.807) is 6.08 Å². The van der Waals surface area contributed by atoms with Gasteiger partial charge in [-0.1, -0.05) is 6.08 Å². The summed E-state index contributed by atoms with van der Waals surface area (Å²) in [6.07, 6.45) is 2.65. The number of nitrogens with one attached hydrogen (secondary N) is 1. The Hall–Kier alpha value is -0.380. The first-order valence-electron chi connectivity index (χ1n) is 3.41. The third-order valence-electron chi connectivity index (χ3n) is 1.22. The Labute approximate surface area is 61.4 Å². The van der Waals surface area contributed by atoms with Gasteiger partial charge in [0, 0.05) is 0 Å². The van der Waals surface area contributed by atoms with Crippen LogP contribution in [0.2, 0.25) is 0 Å². The lowest BCUT2D eigenvalue weighted by Crippen LogP contribution is -2.36. The van der Waals surface area contributed by atoms with E-state index in [9.17, 15) is 0 Å². The molecule has 0 fully saturated rings. The smallest absolute Gasteiger partial charge is 0.0607 e. The van der Waals surface area contributed by atoms with Gasteiger partial charge in [-0.2, -0.15) is 0 Å². The molecule has 0 atom stereocenters. The van der Waals surface area contributed by atoms with Crippen molar-refractivity contribution in [2.24, 2.45) is 0 Å². The fourth-order valence-electron chi connectivity index (χ4n) is 0.576. The van der Waals surface area contributed by atoms with Crippen LogP contribution in [0.5, 0.6) is 0 Å². The van der Waals surface area contributed by atoms with Gasteiger partial charge in [0.05, 0.1) is 19.3 Å². The van der Waals surface area contributed by atoms with Crippen LogP contribution in [0.25, 0.3) is 0 Å². The third-order valence-corrected chi connectivity index (χ3v) is 1.22. The molecule has 0 saturated heterocycles. The fourth-order valence-corrected chi connectivity index (χ4v) is 0.576. The maximum absolute atomic E-state index is 8.58. The van der Waals surface area contributed by atoms with E-state index in [0.717, 1.165) is 13.0 Å². The molecule has 0 rings (SSSR count). The summed E-state index contributed by atoms with van der Waals surface area (Å²) in [5.41, 5.74) is 0. The second kappa shape index (κ2) is 6.74. The van der Waals surface area contributed by atoms with Crippen molar-refractivity contribution in [1.82, 2.24) is 5.32 Å². The van der Waals surface area contributed by atoms with Crippen molar-refractivity contribution in [1.29, 1.82) is 0 Å². The summed E-state index contributed by atoms with van der Waals surface area (Å²) in [4.78, 5) is 0. The van der Waals surface area contributed by atoms with Gasteiger partial charge in [-0.05, 0) is 13.0 Å². The summed E-state index contributed by atoms with van der Waals surface area (Å²) in [5, 5.41) is 20.1. The van der Waals surface area contributed by atoms with Crippen molar-refractivity contribution in [2.75, 3.05) is 19.8 Å². The molecule has 3 nitrogen and oxygen atoms in total. The van der Waals surface area contributed by atoms with E-state index < -0.39 is 0 Å². The lowest BCUT2D eigenvalue weighted by molar-refractivity contribution is 0.172. The van der Waals surface area contributed by atoms with Crippen molar-refractivity contribution in [3.63, 3.8) is 0 Å². The molecule has 0 aromatic carbocycles. The van der Waals surface area contributed by atoms with Crippen molar-refractivity contribution < 1.29 is 10.2 Å². The van der Waals surface area contributed by atoms with Gasteiger partial charge in [0.25, 0.3) is 0 Å². The van der Waals surface area contributed by atoms with Gasteiger partial charge in [-0.3, -0.25) is 0 Å². The van der Waals surface area contributed by atoms with Crippen molar-refractivity contribution >= 4 is 0 Å². The standard InChI is InChI=1S/C7H15NO2/c1-2-3-4-8-7(5-9)6-10/h2,7-10H,1,3-6H2. The van der Waals surface area contributed by atoms with Crippen LogP contribution in [0.15, 0.2) is 12.7 Å². The molecule has 0 aliphatic carbocycles. The maximum atomic E-state index is 8.58. The number of hydrogen-bond acceptors (Lipinski definition) is 3. The van der Waals surface area contributed by atoms with Crippen LogP contribution < -0.4 is 5.32 Å². The van der Waals surface area contributed by atoms with E-state index in [2.05, 4.69) is 11.9 Å². The summed E-state index contributed by atoms with van der Waals surface area (Å²) < 4.78 is 0. The topological polar surface area (TPSA) is 52.5 Å². The van der Waals surface area contributed by atoms with E-state index in [4.69, 9.17) is 10.2 Å². The molecule has 0 radical (unpaired) electrons. The second-order valence-electron chi connectivity index (χ2n) is 2.09. The molecule has 60 valence electrons. The summed E-state index contributed by atoms with van der Waals surface area (Å²) in [5.74, 6) is 0. The lowest BCUT2D eigenvalue weighted by atomic mass is 10.3. The predicted molar refractivity (Wildman–Crippen MR) is 40.8 cm³/mol. The Morgan fingerprint density at radius 3 is 2.40 bits per heavy atom. The molecule has 0 saturated carbocycles. The number of aliphatic hydroxyl groups is 2. The number of rotatable bonds is 6. The molecule has 0 spiro atoms. The Morgan fingerprint density at radius 2 is 2.00 bits per heavy atom. The molecule has 3 heteroatoms. The highest BCUT2D eigenvalue weighted by atomic mass is 16.3. The Morgan fingerprint density at radius 1 is 1.40 bits per heavy atom. The third kappa shape index (κ3) is 4.49. The summed E-state index contributed by atoms with van der Waals surface area (Å²) in [6, 6.07) is -0.181. The highest BCUT2D eigenvalue weighted by Crippen LogP contribution is 1.81. The summed E-state index contributed by atoms with van der Waals surface area (Å²) in [7, 11) is 0. The molecule has 0 aromatic heterocycles. The molecule has 10 heavy (non-hydrogen) atoms. The molecular weight excluding hydrogens is 130 g/mol. The predicted octanol–water partition coefficient (Wildman–Crippen LogP) is -0.495. The van der Waals surface area contributed by atoms with E-state index in [-0.39, 0.29) is 19.3 Å². The Balaban J connectivity index is 3.16. The lowest BCUT2D eigenvalue weighted by Gasteiger charge is -2.11. The average Bonchev–Trinajstić information content (AvgIpc) is 1.99. The highest BCUT2D eigenvalue weighted by Gasteiger charge is 2.01. The molecule has 0 aliphatic rings. The maximum Gasteiger partial charge on any atom is 0.0607 e. The van der Waals surface area contributed by atoms with Crippen molar-refractivity contribution in [2.45, 2.75) is 12.5 Å². The molecule has 0 amide bonds. The van der Waals surface area contributed by atoms with Crippen LogP contribution >= 0.6 is 0 Å². The zero-order valence-electron chi connectivity index (χ0n) is 6.08. The van der Waals surface area contributed by atoms with E-state index in [1.807, 2.05) is 0 Å². The van der Waals surface area contributed by atoms with Crippen LogP contribution in [0.4, 0.5) is 0 Å². The molecule has 0 aromatic rings. The normalized spacial score (nSPS) is 10.3. The molecule has 0 aliphatic heterocycles. The Kier molecular flexibility index (Phi) is 6.48. The molecule has 0 unspecified atom stereocenters. The summed E-state index contributed by atoms with van der Waals surface area (Å²) >= 11 is 0. The average molecular weight is 145 g/mol. The first kappa shape index (κ1) is 9.62. The van der Waals surface area contributed by atoms with Crippen molar-refractivity contribution in [3.05, 3.63) is 12.7 Å². The van der Waals surface area contributed by atoms with Gasteiger partial charge in [0.15, 0.2) is 0 Å². The van der Waals surface area contributed by atoms with Crippen molar-refractivity contribution in [3.8, 4) is 0 Å². The first-order chi connectivity index (χ1) is 4.85. The van der Waals surface area contributed by atoms with E-state index >= 15 is 0 Å². The molecule has 0 bridgehead atoms. The monoisotopic (exact) mass is 145 g/mol. The number of hydrogen-bond donors (Lipinski definition) is 3. The fraction of sp³-hybridized carbons (Fsp3) is 0.714. The molecule has 3 N–H and O–H groups in total. The minimum Gasteiger partial charge on any atom is -0.395 e. The van der Waals surface area contributed by atoms with Gasteiger partial charge >= 0.3 is 0 Å². The molecular formula is C7H15NO2. The first-order valence-corrected chi connectivity index (χ1v) is 3.41. The molecule has 0 heterocycles. The van der Waals surface area contributed by atoms with Gasteiger partial charge in [-0.15, -0.1) is 6.58 Å². The van der Waals surface area contributed by atoms with Crippen LogP contribution in [0, 0.1) is 0 Å². The van der Waals surface area contributed by atoms with Crippen LogP contribution in [0.1, 0.15) is 6.42 Å². The zero-order valence-corrected chi connectivity index (χ0v) is 6.08. The van der Waals surface area contributed by atoms with Crippen LogP contribution in [0.3, 0.4) is 0 Å². The van der Waals surface area contributed by atoms with Crippen LogP contribution in [-0.4, -0.2) is 36.0 Å². The quantitative estimate of drug-likeness (QED) is 0.349. The van der Waals surface area contributed by atoms with Gasteiger partial charge in [0.2, 0.25) is 0 Å². The number of aliphatic hydroxyl groups excluding tert-OH is 2. The van der Waals surface area contributed by atoms with Gasteiger partial charge < -0.3 is 15.5 Å². The second-order valence-corrected chi connectivity index (χ2v) is 2.09. The minimum absolute atomic E-state index is 0.0202. The Bertz CT molecular complexity index is 81.7. The van der Waals surface area contributed by atoms with E-state index in [0.29, 0.717) is 0 Å². The SMILES string of the molecule is C=CCCNC(CO)CO. The van der Waals surface area contributed by atoms with Crippen LogP contribution in [-0.2, 0) is 0 Å². The van der Waals surface area contributed by atoms with Gasteiger partial charge in [0.1, 0.15) is 0 Å². The zero-order chi connectivity index (χ0) is 7.82. The van der Waals surface area contributed by atoms with Gasteiger partial charge in [-0.25, -0.2) is 0 Å². The minimum atomic E-state index is -0.181. The highest BCUT2D eigenvalue weighted by molar-refractivity contribution is 4.70. The largest absolute Gasteiger partial charge is 0.395 e. The van der Waals surface area contributed by atoms with E-state index in [1.165, 1.54) is 0 Å². The summed E-state index contributed by atoms with van der Waals surface area (Å²) in [6.45, 7) is 4.26.